The van der Waals surface area contributed by atoms with Crippen molar-refractivity contribution in [1.82, 2.24) is 0 Å². The zero-order chi connectivity index (χ0) is 44.1. The van der Waals surface area contributed by atoms with Crippen molar-refractivity contribution in [2.45, 2.75) is 271 Å². The van der Waals surface area contributed by atoms with Gasteiger partial charge < -0.3 is 0 Å². The number of rotatable bonds is 44. The van der Waals surface area contributed by atoms with Crippen LogP contribution < -0.4 is 0 Å². The smallest absolute Gasteiger partial charge is 0.0665 e. The van der Waals surface area contributed by atoms with Crippen LogP contribution in [0.1, 0.15) is 269 Å². The second-order valence-electron chi connectivity index (χ2n) is 18.7. The third kappa shape index (κ3) is 35.7. The van der Waals surface area contributed by atoms with Crippen LogP contribution >= 0.6 is 0 Å². The normalized spacial score (nSPS) is 12.1. The molecule has 0 bridgehead atoms. The number of unbranched alkanes of at least 4 members (excludes halogenated alkanes) is 31. The molecule has 0 saturated heterocycles. The first-order valence-corrected chi connectivity index (χ1v) is 27.4. The Bertz CT molecular complexity index is 1390. The van der Waals surface area contributed by atoms with Gasteiger partial charge in [-0.15, -0.1) is 0 Å². The molecule has 0 aliphatic carbocycles. The van der Waals surface area contributed by atoms with Crippen LogP contribution in [0, 0.1) is 0 Å². The Morgan fingerprint density at radius 1 is 0.365 bits per heavy atom. The number of aliphatic imine (C=N–C) groups is 2. The first-order chi connectivity index (χ1) is 30.8. The largest absolute Gasteiger partial charge is 0.255 e. The van der Waals surface area contributed by atoms with E-state index in [0.717, 1.165) is 62.0 Å². The molecule has 0 amide bonds. The van der Waals surface area contributed by atoms with Crippen LogP contribution in [0.3, 0.4) is 0 Å². The number of hydrogen-bond donors (Lipinski definition) is 0. The van der Waals surface area contributed by atoms with E-state index in [-0.39, 0.29) is 16.5 Å². The average molecular weight is 908 g/mol. The van der Waals surface area contributed by atoms with Gasteiger partial charge in [0.25, 0.3) is 0 Å². The summed E-state index contributed by atoms with van der Waals surface area (Å²) in [7, 11) is 0. The molecule has 2 nitrogen and oxygen atoms in total. The standard InChI is InChI=1S/C60H100N2.Ni/c1-4-7-10-12-14-16-18-20-22-24-26-28-30-32-34-36-38-40-42-48-56-50-44-46-53-59(56)61-55-58(52-9-6-3)62-60-54-47-45-51-57(60)49-43-41-39-37-35-33-31-29-27-25-23-21-19-17-15-13-11-8-5-2;/h38-41,44-47,50-51,53-55H,4-37,42-43,48-49,52H2,1-3H3;/b40-38+,41-39+,61-55-,62-58+;. The van der Waals surface area contributed by atoms with Crippen LogP contribution in [0.2, 0.25) is 0 Å². The molecule has 0 aliphatic heterocycles. The van der Waals surface area contributed by atoms with Crippen molar-refractivity contribution in [1.29, 1.82) is 0 Å². The Morgan fingerprint density at radius 2 is 0.683 bits per heavy atom. The minimum absolute atomic E-state index is 0. The summed E-state index contributed by atoms with van der Waals surface area (Å²) < 4.78 is 0. The Balaban J connectivity index is 0.0000198. The van der Waals surface area contributed by atoms with Gasteiger partial charge in [-0.2, -0.15) is 0 Å². The third-order valence-corrected chi connectivity index (χ3v) is 12.8. The molecule has 0 aliphatic rings. The number of hydrogen-bond acceptors (Lipinski definition) is 2. The first kappa shape index (κ1) is 58.8. The predicted octanol–water partition coefficient (Wildman–Crippen LogP) is 20.8. The summed E-state index contributed by atoms with van der Waals surface area (Å²) in [6.45, 7) is 6.87. The van der Waals surface area contributed by atoms with E-state index >= 15 is 0 Å². The summed E-state index contributed by atoms with van der Waals surface area (Å²) in [4.78, 5) is 10.3. The summed E-state index contributed by atoms with van der Waals surface area (Å²) in [5.41, 5.74) is 5.93. The molecule has 360 valence electrons. The van der Waals surface area contributed by atoms with Crippen LogP contribution in [0.15, 0.2) is 82.8 Å². The van der Waals surface area contributed by atoms with Crippen molar-refractivity contribution in [3.63, 3.8) is 0 Å². The monoisotopic (exact) mass is 907 g/mol. The molecule has 0 radical (unpaired) electrons. The van der Waals surface area contributed by atoms with Crippen molar-refractivity contribution in [2.24, 2.45) is 9.98 Å². The summed E-state index contributed by atoms with van der Waals surface area (Å²) >= 11 is 0. The van der Waals surface area contributed by atoms with Gasteiger partial charge in [0.15, 0.2) is 0 Å². The zero-order valence-electron chi connectivity index (χ0n) is 41.8. The molecule has 2 aromatic carbocycles. The maximum Gasteiger partial charge on any atom is 0.0665 e. The van der Waals surface area contributed by atoms with E-state index < -0.39 is 0 Å². The number of benzene rings is 2. The summed E-state index contributed by atoms with van der Waals surface area (Å²) in [5, 5.41) is 0. The van der Waals surface area contributed by atoms with Crippen LogP contribution in [-0.2, 0) is 29.3 Å². The van der Waals surface area contributed by atoms with Gasteiger partial charge in [-0.1, -0.05) is 268 Å². The molecule has 63 heavy (non-hydrogen) atoms. The van der Waals surface area contributed by atoms with E-state index in [0.29, 0.717) is 0 Å². The topological polar surface area (TPSA) is 24.7 Å². The SMILES string of the molecule is CCCCCCCCCCCCCCCCC/C=C/CCc1ccccc1/N=C\C(CCCC)=N\c1ccccc1CC/C=C/CCCCCCCCCCCCCCCCC.[Ni]. The molecule has 0 atom stereocenters. The fourth-order valence-corrected chi connectivity index (χ4v) is 8.70. The zero-order valence-corrected chi connectivity index (χ0v) is 42.8. The molecule has 0 aromatic heterocycles. The van der Waals surface area contributed by atoms with Gasteiger partial charge in [-0.05, 0) is 87.5 Å². The van der Waals surface area contributed by atoms with Gasteiger partial charge in [0.05, 0.1) is 17.1 Å². The number of nitrogens with zero attached hydrogens (tertiary/aromatic N) is 2. The number of aryl methyl sites for hydroxylation is 2. The van der Waals surface area contributed by atoms with E-state index in [1.54, 1.807) is 0 Å². The predicted molar refractivity (Wildman–Crippen MR) is 282 cm³/mol. The van der Waals surface area contributed by atoms with Crippen LogP contribution in [0.5, 0.6) is 0 Å². The first-order valence-electron chi connectivity index (χ1n) is 27.4. The molecule has 0 unspecified atom stereocenters. The van der Waals surface area contributed by atoms with Crippen LogP contribution in [-0.4, -0.2) is 11.9 Å². The van der Waals surface area contributed by atoms with Gasteiger partial charge in [-0.25, -0.2) is 0 Å². The van der Waals surface area contributed by atoms with Gasteiger partial charge in [0.2, 0.25) is 0 Å². The van der Waals surface area contributed by atoms with E-state index in [1.807, 2.05) is 0 Å². The summed E-state index contributed by atoms with van der Waals surface area (Å²) in [6, 6.07) is 17.4. The maximum absolute atomic E-state index is 5.23. The minimum atomic E-state index is 0. The van der Waals surface area contributed by atoms with Gasteiger partial charge in [0.1, 0.15) is 0 Å². The van der Waals surface area contributed by atoms with Gasteiger partial charge in [0, 0.05) is 22.7 Å². The van der Waals surface area contributed by atoms with E-state index in [4.69, 9.17) is 9.98 Å². The van der Waals surface area contributed by atoms with Crippen LogP contribution in [0.4, 0.5) is 11.4 Å². The van der Waals surface area contributed by atoms with E-state index in [1.165, 1.54) is 217 Å². The second-order valence-corrected chi connectivity index (χ2v) is 18.7. The Labute approximate surface area is 402 Å². The van der Waals surface area contributed by atoms with Crippen molar-refractivity contribution in [3.8, 4) is 0 Å². The van der Waals surface area contributed by atoms with Gasteiger partial charge in [-0.3, -0.25) is 9.98 Å². The Hall–Kier alpha value is -2.25. The average Bonchev–Trinajstić information content (AvgIpc) is 3.29. The molecule has 0 fully saturated rings. The Morgan fingerprint density at radius 3 is 1.08 bits per heavy atom. The molecule has 0 N–H and O–H groups in total. The third-order valence-electron chi connectivity index (χ3n) is 12.8. The van der Waals surface area contributed by atoms with Crippen molar-refractivity contribution < 1.29 is 16.5 Å². The summed E-state index contributed by atoms with van der Waals surface area (Å²) in [6.07, 6.45) is 64.3. The maximum atomic E-state index is 5.23. The Kier molecular flexibility index (Phi) is 43.2. The quantitative estimate of drug-likeness (QED) is 0.0274. The molecule has 0 spiro atoms. The fraction of sp³-hybridized carbons (Fsp3) is 0.700. The molecule has 2 rings (SSSR count). The molecular formula is C60H100N2Ni. The number of allylic oxidation sites excluding steroid dienone is 4. The van der Waals surface area contributed by atoms with E-state index in [9.17, 15) is 0 Å². The van der Waals surface area contributed by atoms with Crippen LogP contribution in [0.25, 0.3) is 0 Å². The molecule has 0 heterocycles. The molecule has 3 heteroatoms. The van der Waals surface area contributed by atoms with Crippen molar-refractivity contribution in [3.05, 3.63) is 84.0 Å². The second kappa shape index (κ2) is 46.3. The summed E-state index contributed by atoms with van der Waals surface area (Å²) in [5.74, 6) is 0. The van der Waals surface area contributed by atoms with Crippen molar-refractivity contribution >= 4 is 23.3 Å². The van der Waals surface area contributed by atoms with Crippen molar-refractivity contribution in [2.75, 3.05) is 0 Å². The molecular weight excluding hydrogens is 807 g/mol. The minimum Gasteiger partial charge on any atom is -0.255 e. The van der Waals surface area contributed by atoms with E-state index in [2.05, 4.69) is 99.8 Å². The van der Waals surface area contributed by atoms with Gasteiger partial charge >= 0.3 is 0 Å². The molecule has 2 aromatic rings. The number of para-hydroxylation sites is 2. The molecule has 0 saturated carbocycles. The fourth-order valence-electron chi connectivity index (χ4n) is 8.70.